The Kier molecular flexibility index (Phi) is 9.81. The maximum Gasteiger partial charge on any atom is 0.253 e. The molecule has 1 aliphatic heterocycles. The summed E-state index contributed by atoms with van der Waals surface area (Å²) in [6.07, 6.45) is 2.90. The molecule has 0 aromatic heterocycles. The third kappa shape index (κ3) is 6.64. The molecular weight excluding hydrogens is 323 g/mol. The summed E-state index contributed by atoms with van der Waals surface area (Å²) in [5.41, 5.74) is 11.8. The second-order valence-corrected chi connectivity index (χ2v) is 5.25. The lowest BCUT2D eigenvalue weighted by Crippen LogP contribution is -2.40. The van der Waals surface area contributed by atoms with E-state index in [1.54, 1.807) is 0 Å². The zero-order valence-corrected chi connectivity index (χ0v) is 14.1. The van der Waals surface area contributed by atoms with Gasteiger partial charge in [-0.3, -0.25) is 4.79 Å². The van der Waals surface area contributed by atoms with Crippen LogP contribution in [0.25, 0.3) is 0 Å². The van der Waals surface area contributed by atoms with E-state index >= 15 is 0 Å². The first-order valence-corrected chi connectivity index (χ1v) is 7.05. The highest BCUT2D eigenvalue weighted by atomic mass is 35.5. The normalized spacial score (nSPS) is 17.7. The molecule has 2 rings (SSSR count). The van der Waals surface area contributed by atoms with E-state index in [-0.39, 0.29) is 42.6 Å². The molecule has 1 unspecified atom stereocenters. The van der Waals surface area contributed by atoms with Crippen molar-refractivity contribution in [3.05, 3.63) is 35.9 Å². The predicted molar refractivity (Wildman–Crippen MR) is 94.6 cm³/mol. The van der Waals surface area contributed by atoms with Crippen LogP contribution in [0.5, 0.6) is 0 Å². The first-order chi connectivity index (χ1) is 9.65. The number of amides is 1. The Balaban J connectivity index is 0.00000220. The fourth-order valence-corrected chi connectivity index (χ4v) is 2.61. The summed E-state index contributed by atoms with van der Waals surface area (Å²) in [7, 11) is 0. The fourth-order valence-electron chi connectivity index (χ4n) is 2.61. The fraction of sp³-hybridized carbons (Fsp3) is 0.467. The Morgan fingerprint density at radius 1 is 1.23 bits per heavy atom. The van der Waals surface area contributed by atoms with Crippen molar-refractivity contribution in [2.75, 3.05) is 19.6 Å². The zero-order valence-electron chi connectivity index (χ0n) is 12.5. The van der Waals surface area contributed by atoms with Crippen LogP contribution in [0.15, 0.2) is 35.3 Å². The van der Waals surface area contributed by atoms with Crippen LogP contribution in [0.4, 0.5) is 0 Å². The van der Waals surface area contributed by atoms with Gasteiger partial charge in [-0.25, -0.2) is 0 Å². The number of rotatable bonds is 4. The van der Waals surface area contributed by atoms with Gasteiger partial charge in [0.25, 0.3) is 5.91 Å². The maximum absolute atomic E-state index is 11.9. The Labute approximate surface area is 144 Å². The number of halogens is 2. The van der Waals surface area contributed by atoms with E-state index in [0.29, 0.717) is 0 Å². The number of benzene rings is 1. The molecule has 0 radical (unpaired) electrons. The number of likely N-dealkylation sites (tertiary alicyclic amines) is 1. The Hall–Kier alpha value is -1.30. The lowest BCUT2D eigenvalue weighted by Gasteiger charge is -2.31. The summed E-state index contributed by atoms with van der Waals surface area (Å²) >= 11 is 0. The van der Waals surface area contributed by atoms with Gasteiger partial charge in [0, 0.05) is 13.1 Å². The highest BCUT2D eigenvalue weighted by Crippen LogP contribution is 2.18. The van der Waals surface area contributed by atoms with Gasteiger partial charge in [0.2, 0.25) is 0 Å². The molecule has 0 bridgehead atoms. The lowest BCUT2D eigenvalue weighted by molar-refractivity contribution is -0.123. The van der Waals surface area contributed by atoms with Crippen molar-refractivity contribution >= 4 is 36.7 Å². The Bertz CT molecular complexity index is 478. The molecule has 5 nitrogen and oxygen atoms in total. The smallest absolute Gasteiger partial charge is 0.253 e. The molecule has 22 heavy (non-hydrogen) atoms. The highest BCUT2D eigenvalue weighted by molar-refractivity contribution is 5.92. The first-order valence-electron chi connectivity index (χ1n) is 7.05. The summed E-state index contributed by atoms with van der Waals surface area (Å²) in [6.45, 7) is 2.76. The summed E-state index contributed by atoms with van der Waals surface area (Å²) in [5, 5.41) is 0. The second-order valence-electron chi connectivity index (χ2n) is 5.25. The number of aliphatic imine (C=N–C) groups is 1. The van der Waals surface area contributed by atoms with Gasteiger partial charge in [0.1, 0.15) is 0 Å². The van der Waals surface area contributed by atoms with Gasteiger partial charge in [0.05, 0.1) is 5.92 Å². The van der Waals surface area contributed by atoms with Crippen molar-refractivity contribution in [1.29, 1.82) is 0 Å². The Morgan fingerprint density at radius 3 is 2.55 bits per heavy atom. The van der Waals surface area contributed by atoms with Crippen molar-refractivity contribution in [2.24, 2.45) is 22.4 Å². The molecule has 4 N–H and O–H groups in total. The molecule has 0 aliphatic carbocycles. The zero-order chi connectivity index (χ0) is 14.4. The largest absolute Gasteiger partial charge is 0.370 e. The van der Waals surface area contributed by atoms with Crippen LogP contribution in [0.1, 0.15) is 18.4 Å². The van der Waals surface area contributed by atoms with E-state index in [9.17, 15) is 4.79 Å². The van der Waals surface area contributed by atoms with Crippen LogP contribution in [0, 0.1) is 5.92 Å². The van der Waals surface area contributed by atoms with Crippen molar-refractivity contribution in [3.63, 3.8) is 0 Å². The van der Waals surface area contributed by atoms with Gasteiger partial charge in [-0.05, 0) is 31.4 Å². The number of carbonyl (C=O) groups is 1. The Morgan fingerprint density at radius 2 is 1.91 bits per heavy atom. The molecule has 1 atom stereocenters. The summed E-state index contributed by atoms with van der Waals surface area (Å²) in [6, 6.07) is 10.4. The van der Waals surface area contributed by atoms with E-state index in [1.165, 1.54) is 5.56 Å². The summed E-state index contributed by atoms with van der Waals surface area (Å²) in [5.74, 6) is -0.396. The molecule has 7 heteroatoms. The summed E-state index contributed by atoms with van der Waals surface area (Å²) < 4.78 is 0. The van der Waals surface area contributed by atoms with Crippen LogP contribution >= 0.6 is 24.8 Å². The molecule has 1 aromatic carbocycles. The number of piperidine rings is 1. The third-order valence-corrected chi connectivity index (χ3v) is 3.65. The number of hydrogen-bond donors (Lipinski definition) is 2. The van der Waals surface area contributed by atoms with E-state index in [4.69, 9.17) is 11.5 Å². The molecule has 1 aromatic rings. The SMILES string of the molecule is Cl.Cl.NC(N)=NC(=O)C1CCCN(CCc2ccccc2)C1. The van der Waals surface area contributed by atoms with Crippen LogP contribution in [-0.2, 0) is 11.2 Å². The van der Waals surface area contributed by atoms with Gasteiger partial charge in [-0.2, -0.15) is 4.99 Å². The highest BCUT2D eigenvalue weighted by Gasteiger charge is 2.25. The minimum absolute atomic E-state index is 0. The van der Waals surface area contributed by atoms with E-state index in [2.05, 4.69) is 34.2 Å². The molecule has 0 spiro atoms. The number of carbonyl (C=O) groups excluding carboxylic acids is 1. The monoisotopic (exact) mass is 346 g/mol. The number of guanidine groups is 1. The summed E-state index contributed by atoms with van der Waals surface area (Å²) in [4.78, 5) is 17.8. The minimum Gasteiger partial charge on any atom is -0.370 e. The molecule has 1 amide bonds. The molecule has 1 saturated heterocycles. The van der Waals surface area contributed by atoms with Crippen LogP contribution in [-0.4, -0.2) is 36.4 Å². The van der Waals surface area contributed by atoms with E-state index in [0.717, 1.165) is 38.9 Å². The van der Waals surface area contributed by atoms with Gasteiger partial charge in [0.15, 0.2) is 5.96 Å². The van der Waals surface area contributed by atoms with Gasteiger partial charge < -0.3 is 16.4 Å². The molecule has 1 heterocycles. The van der Waals surface area contributed by atoms with Crippen molar-refractivity contribution in [1.82, 2.24) is 4.90 Å². The lowest BCUT2D eigenvalue weighted by atomic mass is 9.97. The average Bonchev–Trinajstić information content (AvgIpc) is 2.46. The van der Waals surface area contributed by atoms with Crippen molar-refractivity contribution in [2.45, 2.75) is 19.3 Å². The van der Waals surface area contributed by atoms with Gasteiger partial charge in [-0.1, -0.05) is 30.3 Å². The minimum atomic E-state index is -0.186. The number of nitrogens with two attached hydrogens (primary N) is 2. The number of hydrogen-bond acceptors (Lipinski definition) is 2. The topological polar surface area (TPSA) is 84.7 Å². The third-order valence-electron chi connectivity index (χ3n) is 3.65. The standard InChI is InChI=1S/C15H22N4O.2ClH/c16-15(17)18-14(20)13-7-4-9-19(11-13)10-8-12-5-2-1-3-6-12;;/h1-3,5-6,13H,4,7-11H2,(H4,16,17,18,20);2*1H. The molecule has 1 aliphatic rings. The maximum atomic E-state index is 11.9. The number of nitrogens with zero attached hydrogens (tertiary/aromatic N) is 2. The van der Waals surface area contributed by atoms with E-state index < -0.39 is 0 Å². The quantitative estimate of drug-likeness (QED) is 0.640. The van der Waals surface area contributed by atoms with Crippen LogP contribution in [0.2, 0.25) is 0 Å². The van der Waals surface area contributed by atoms with Crippen molar-refractivity contribution < 1.29 is 4.79 Å². The molecule has 124 valence electrons. The first kappa shape index (κ1) is 20.7. The average molecular weight is 347 g/mol. The predicted octanol–water partition coefficient (Wildman–Crippen LogP) is 1.58. The van der Waals surface area contributed by atoms with E-state index in [1.807, 2.05) is 6.07 Å². The van der Waals surface area contributed by atoms with Crippen molar-refractivity contribution in [3.8, 4) is 0 Å². The molecule has 1 fully saturated rings. The van der Waals surface area contributed by atoms with Gasteiger partial charge >= 0.3 is 0 Å². The van der Waals surface area contributed by atoms with Crippen LogP contribution in [0.3, 0.4) is 0 Å². The van der Waals surface area contributed by atoms with Crippen LogP contribution < -0.4 is 11.5 Å². The second kappa shape index (κ2) is 10.4. The molecular formula is C15H24Cl2N4O. The molecule has 0 saturated carbocycles. The van der Waals surface area contributed by atoms with Gasteiger partial charge in [-0.15, -0.1) is 24.8 Å².